The van der Waals surface area contributed by atoms with Crippen molar-refractivity contribution >= 4 is 5.78 Å². The Labute approximate surface area is 193 Å². The molecule has 0 aromatic heterocycles. The van der Waals surface area contributed by atoms with Crippen LogP contribution in [-0.4, -0.2) is 43.8 Å². The zero-order chi connectivity index (χ0) is 22.3. The lowest BCUT2D eigenvalue weighted by atomic mass is 9.91. The maximum absolute atomic E-state index is 12.2. The number of hydrogen-bond acceptors (Lipinski definition) is 5. The molecule has 8 atom stereocenters. The van der Waals surface area contributed by atoms with Crippen molar-refractivity contribution in [3.63, 3.8) is 0 Å². The predicted molar refractivity (Wildman–Crippen MR) is 121 cm³/mol. The molecule has 2 heterocycles. The van der Waals surface area contributed by atoms with Gasteiger partial charge in [0.25, 0.3) is 0 Å². The van der Waals surface area contributed by atoms with Crippen LogP contribution >= 0.6 is 0 Å². The number of fused-ring (bicyclic) bond motifs is 1. The number of ether oxygens (including phenoxy) is 4. The third-order valence-corrected chi connectivity index (χ3v) is 7.37. The summed E-state index contributed by atoms with van der Waals surface area (Å²) in [7, 11) is 0. The minimum atomic E-state index is -0.235. The van der Waals surface area contributed by atoms with E-state index >= 15 is 0 Å². The predicted octanol–water partition coefficient (Wildman–Crippen LogP) is 4.48. The van der Waals surface area contributed by atoms with Crippen molar-refractivity contribution < 1.29 is 23.7 Å². The van der Waals surface area contributed by atoms with E-state index in [1.165, 1.54) is 0 Å². The van der Waals surface area contributed by atoms with E-state index < -0.39 is 0 Å². The summed E-state index contributed by atoms with van der Waals surface area (Å²) in [6, 6.07) is 0. The molecule has 2 saturated heterocycles. The maximum atomic E-state index is 12.2. The molecule has 0 amide bonds. The average molecular weight is 443 g/mol. The minimum absolute atomic E-state index is 0.0334. The van der Waals surface area contributed by atoms with Crippen LogP contribution in [0.3, 0.4) is 0 Å². The normalized spacial score (nSPS) is 36.4. The van der Waals surface area contributed by atoms with Crippen molar-refractivity contribution in [1.29, 1.82) is 0 Å². The van der Waals surface area contributed by atoms with Gasteiger partial charge < -0.3 is 18.9 Å². The van der Waals surface area contributed by atoms with Crippen LogP contribution < -0.4 is 0 Å². The van der Waals surface area contributed by atoms with Crippen LogP contribution in [0.25, 0.3) is 0 Å². The highest BCUT2D eigenvalue weighted by Gasteiger charge is 2.49. The molecule has 0 spiro atoms. The topological polar surface area (TPSA) is 54.0 Å². The molecule has 4 fully saturated rings. The van der Waals surface area contributed by atoms with Crippen LogP contribution in [0.5, 0.6) is 0 Å². The second kappa shape index (κ2) is 11.7. The molecule has 0 bridgehead atoms. The molecule has 0 aromatic carbocycles. The summed E-state index contributed by atoms with van der Waals surface area (Å²) in [5.41, 5.74) is 0. The summed E-state index contributed by atoms with van der Waals surface area (Å²) in [4.78, 5) is 12.2. The van der Waals surface area contributed by atoms with Crippen molar-refractivity contribution in [3.8, 4) is 23.7 Å². The molecule has 3 unspecified atom stereocenters. The van der Waals surface area contributed by atoms with E-state index in [-0.39, 0.29) is 36.6 Å². The Kier molecular flexibility index (Phi) is 8.67. The highest BCUT2D eigenvalue weighted by molar-refractivity contribution is 5.81. The third kappa shape index (κ3) is 6.15. The molecular weight excluding hydrogens is 404 g/mol. The summed E-state index contributed by atoms with van der Waals surface area (Å²) in [6.45, 7) is 5.53. The van der Waals surface area contributed by atoms with Gasteiger partial charge in [-0.25, -0.2) is 0 Å². The highest BCUT2D eigenvalue weighted by atomic mass is 16.7. The van der Waals surface area contributed by atoms with Crippen molar-refractivity contribution in [2.75, 3.05) is 13.2 Å². The quantitative estimate of drug-likeness (QED) is 0.568. The van der Waals surface area contributed by atoms with Crippen molar-refractivity contribution in [1.82, 2.24) is 0 Å². The molecular formula is C27H38O5. The number of hydrogen-bond donors (Lipinski definition) is 0. The van der Waals surface area contributed by atoms with Gasteiger partial charge in [-0.2, -0.15) is 0 Å². The molecule has 0 aromatic rings. The number of carbonyl (C=O) groups is 1. The van der Waals surface area contributed by atoms with Crippen molar-refractivity contribution in [3.05, 3.63) is 0 Å². The van der Waals surface area contributed by atoms with E-state index in [0.717, 1.165) is 64.6 Å². The number of Topliss-reactive ketones (excluding diaryl/α,β-unsaturated/α-hetero) is 1. The van der Waals surface area contributed by atoms with E-state index in [2.05, 4.69) is 30.6 Å². The Balaban J connectivity index is 1.49. The van der Waals surface area contributed by atoms with Gasteiger partial charge in [-0.3, -0.25) is 4.79 Å². The van der Waals surface area contributed by atoms with E-state index in [4.69, 9.17) is 18.9 Å². The van der Waals surface area contributed by atoms with Crippen LogP contribution in [-0.2, 0) is 23.7 Å². The fraction of sp³-hybridized carbons (Fsp3) is 0.815. The lowest BCUT2D eigenvalue weighted by Gasteiger charge is -2.29. The van der Waals surface area contributed by atoms with Gasteiger partial charge >= 0.3 is 0 Å². The molecule has 2 saturated carbocycles. The van der Waals surface area contributed by atoms with Crippen LogP contribution in [0.2, 0.25) is 0 Å². The highest BCUT2D eigenvalue weighted by Crippen LogP contribution is 2.48. The van der Waals surface area contributed by atoms with Crippen LogP contribution in [0.15, 0.2) is 0 Å². The van der Waals surface area contributed by atoms with Gasteiger partial charge in [-0.05, 0) is 63.7 Å². The van der Waals surface area contributed by atoms with Gasteiger partial charge in [-0.15, -0.1) is 11.8 Å². The molecule has 5 nitrogen and oxygen atoms in total. The van der Waals surface area contributed by atoms with E-state index in [9.17, 15) is 4.79 Å². The van der Waals surface area contributed by atoms with Gasteiger partial charge in [0, 0.05) is 38.4 Å². The molecule has 0 N–H and O–H groups in total. The molecule has 4 aliphatic rings. The Morgan fingerprint density at radius 1 is 1.06 bits per heavy atom. The van der Waals surface area contributed by atoms with Crippen LogP contribution in [0.4, 0.5) is 0 Å². The Morgan fingerprint density at radius 2 is 1.81 bits per heavy atom. The third-order valence-electron chi connectivity index (χ3n) is 7.37. The molecule has 4 rings (SSSR count). The summed E-state index contributed by atoms with van der Waals surface area (Å²) in [5.74, 6) is 14.5. The Hall–Kier alpha value is -1.37. The molecule has 176 valence electrons. The SMILES string of the molecule is CC#CCC(C)[C@@H](C#C[C@H]1[C@H]2CC(=O)C[C@H]2C[C@H]1OC1CCCCO1)OC1CCCCO1. The van der Waals surface area contributed by atoms with Crippen molar-refractivity contribution in [2.24, 2.45) is 23.7 Å². The lowest BCUT2D eigenvalue weighted by Crippen LogP contribution is -2.32. The lowest BCUT2D eigenvalue weighted by molar-refractivity contribution is -0.192. The molecule has 0 radical (unpaired) electrons. The summed E-state index contributed by atoms with van der Waals surface area (Å²) in [6.07, 6.45) is 8.76. The van der Waals surface area contributed by atoms with Gasteiger partial charge in [-0.1, -0.05) is 18.8 Å². The first-order valence-electron chi connectivity index (χ1n) is 12.6. The largest absolute Gasteiger partial charge is 0.353 e. The van der Waals surface area contributed by atoms with Gasteiger partial charge in [0.05, 0.1) is 12.0 Å². The van der Waals surface area contributed by atoms with E-state index in [0.29, 0.717) is 30.5 Å². The maximum Gasteiger partial charge on any atom is 0.159 e. The summed E-state index contributed by atoms with van der Waals surface area (Å²) < 4.78 is 24.4. The fourth-order valence-corrected chi connectivity index (χ4v) is 5.55. The number of rotatable bonds is 6. The average Bonchev–Trinajstić information content (AvgIpc) is 3.31. The second-order valence-electron chi connectivity index (χ2n) is 9.85. The molecule has 32 heavy (non-hydrogen) atoms. The van der Waals surface area contributed by atoms with Gasteiger partial charge in [0.1, 0.15) is 11.9 Å². The zero-order valence-electron chi connectivity index (χ0n) is 19.6. The first-order valence-corrected chi connectivity index (χ1v) is 12.6. The van der Waals surface area contributed by atoms with Crippen LogP contribution in [0, 0.1) is 47.4 Å². The zero-order valence-corrected chi connectivity index (χ0v) is 19.6. The number of ketones is 1. The fourth-order valence-electron chi connectivity index (χ4n) is 5.55. The first kappa shape index (κ1) is 23.8. The molecule has 2 aliphatic heterocycles. The second-order valence-corrected chi connectivity index (χ2v) is 9.85. The Bertz CT molecular complexity index is 743. The first-order chi connectivity index (χ1) is 15.6. The summed E-state index contributed by atoms with van der Waals surface area (Å²) >= 11 is 0. The number of carbonyl (C=O) groups excluding carboxylic acids is 1. The molecule has 5 heteroatoms. The Morgan fingerprint density at radius 3 is 2.50 bits per heavy atom. The molecule has 2 aliphatic carbocycles. The van der Waals surface area contributed by atoms with E-state index in [1.54, 1.807) is 0 Å². The smallest absolute Gasteiger partial charge is 0.159 e. The van der Waals surface area contributed by atoms with Gasteiger partial charge in [0.15, 0.2) is 12.6 Å². The minimum Gasteiger partial charge on any atom is -0.353 e. The van der Waals surface area contributed by atoms with Crippen LogP contribution in [0.1, 0.15) is 78.1 Å². The standard InChI is InChI=1S/C27H38O5/c1-3-4-9-19(2)24(31-26-10-5-7-14-29-26)13-12-22-23-18-21(28)16-20(23)17-25(22)32-27-11-6-8-15-30-27/h19-20,22-27H,5-11,14-18H2,1-2H3/t19?,20-,22-,23-,24+,25+,26?,27?/m0/s1. The van der Waals surface area contributed by atoms with E-state index in [1.807, 2.05) is 6.92 Å². The van der Waals surface area contributed by atoms with Crippen molar-refractivity contribution in [2.45, 2.75) is 103 Å². The monoisotopic (exact) mass is 442 g/mol. The summed E-state index contributed by atoms with van der Waals surface area (Å²) in [5, 5.41) is 0. The van der Waals surface area contributed by atoms with Gasteiger partial charge in [0.2, 0.25) is 0 Å².